The zero-order valence-corrected chi connectivity index (χ0v) is 16.9. The van der Waals surface area contributed by atoms with Gasteiger partial charge in [0, 0.05) is 13.7 Å². The molecule has 150 valence electrons. The summed E-state index contributed by atoms with van der Waals surface area (Å²) in [6, 6.07) is 16.7. The summed E-state index contributed by atoms with van der Waals surface area (Å²) in [4.78, 5) is 33.2. The molecule has 1 aliphatic heterocycles. The van der Waals surface area contributed by atoms with Crippen molar-refractivity contribution in [3.8, 4) is 0 Å². The molecule has 1 aliphatic rings. The van der Waals surface area contributed by atoms with Gasteiger partial charge in [-0.3, -0.25) is 14.2 Å². The van der Waals surface area contributed by atoms with Crippen LogP contribution in [-0.2, 0) is 16.0 Å². The molecule has 3 aromatic rings. The van der Waals surface area contributed by atoms with Gasteiger partial charge in [0.15, 0.2) is 12.1 Å². The van der Waals surface area contributed by atoms with Crippen LogP contribution in [0.25, 0.3) is 10.9 Å². The van der Waals surface area contributed by atoms with E-state index in [4.69, 9.17) is 9.72 Å². The van der Waals surface area contributed by atoms with E-state index in [1.807, 2.05) is 62.4 Å². The van der Waals surface area contributed by atoms with Gasteiger partial charge in [-0.2, -0.15) is 0 Å². The summed E-state index contributed by atoms with van der Waals surface area (Å²) in [5.41, 5.74) is 1.57. The predicted octanol–water partition coefficient (Wildman–Crippen LogP) is 3.32. The lowest BCUT2D eigenvalue weighted by atomic mass is 9.98. The molecule has 0 N–H and O–H groups in total. The van der Waals surface area contributed by atoms with Crippen molar-refractivity contribution in [2.24, 2.45) is 5.92 Å². The summed E-state index contributed by atoms with van der Waals surface area (Å²) in [6.45, 7) is 4.40. The molecule has 0 radical (unpaired) electrons. The summed E-state index contributed by atoms with van der Waals surface area (Å²) in [5.74, 6) is 0.330. The van der Waals surface area contributed by atoms with E-state index in [1.54, 1.807) is 22.6 Å². The van der Waals surface area contributed by atoms with Crippen molar-refractivity contribution < 1.29 is 9.53 Å². The molecular weight excluding hydrogens is 366 g/mol. The minimum atomic E-state index is -0.696. The zero-order valence-electron chi connectivity index (χ0n) is 16.9. The SMILES string of the molecule is CO[C@H]1c2nc3ccccc3c(=O)n2[C@@H](C(C)C)C(=O)N1CCc1ccccc1. The first-order valence-corrected chi connectivity index (χ1v) is 9.91. The molecule has 0 unspecified atom stereocenters. The van der Waals surface area contributed by atoms with Crippen molar-refractivity contribution >= 4 is 16.8 Å². The van der Waals surface area contributed by atoms with E-state index in [0.717, 1.165) is 5.56 Å². The van der Waals surface area contributed by atoms with Gasteiger partial charge in [0.2, 0.25) is 5.91 Å². The van der Waals surface area contributed by atoms with Crippen molar-refractivity contribution in [2.45, 2.75) is 32.5 Å². The van der Waals surface area contributed by atoms with Crippen LogP contribution in [0.15, 0.2) is 59.4 Å². The Morgan fingerprint density at radius 2 is 1.72 bits per heavy atom. The van der Waals surface area contributed by atoms with E-state index in [-0.39, 0.29) is 17.4 Å². The van der Waals surface area contributed by atoms with Crippen LogP contribution >= 0.6 is 0 Å². The summed E-state index contributed by atoms with van der Waals surface area (Å²) >= 11 is 0. The number of ether oxygens (including phenoxy) is 1. The van der Waals surface area contributed by atoms with Crippen LogP contribution in [0.1, 0.15) is 37.5 Å². The quantitative estimate of drug-likeness (QED) is 0.669. The van der Waals surface area contributed by atoms with Crippen LogP contribution in [-0.4, -0.2) is 34.0 Å². The standard InChI is InChI=1S/C23H25N3O3/c1-15(2)19-22(28)25(14-13-16-9-5-4-6-10-16)23(29-3)20-24-18-12-8-7-11-17(18)21(27)26(19)20/h4-12,15,19,23H,13-14H2,1-3H3/t19-,23-/m0/s1. The first-order valence-electron chi connectivity index (χ1n) is 9.91. The molecular formula is C23H25N3O3. The molecule has 0 spiro atoms. The number of amides is 1. The Balaban J connectivity index is 1.83. The average Bonchev–Trinajstić information content (AvgIpc) is 2.73. The Labute approximate surface area is 169 Å². The van der Waals surface area contributed by atoms with Crippen LogP contribution in [0, 0.1) is 5.92 Å². The second kappa shape index (κ2) is 7.79. The van der Waals surface area contributed by atoms with Crippen molar-refractivity contribution in [1.29, 1.82) is 0 Å². The number of carbonyl (C=O) groups excluding carboxylic acids is 1. The zero-order chi connectivity index (χ0) is 20.5. The molecule has 0 bridgehead atoms. The highest BCUT2D eigenvalue weighted by Gasteiger charge is 2.42. The number of benzene rings is 2. The van der Waals surface area contributed by atoms with Gasteiger partial charge >= 0.3 is 0 Å². The van der Waals surface area contributed by atoms with Crippen molar-refractivity contribution in [1.82, 2.24) is 14.5 Å². The monoisotopic (exact) mass is 391 g/mol. The number of para-hydroxylation sites is 1. The maximum absolute atomic E-state index is 13.5. The molecule has 0 aliphatic carbocycles. The first kappa shape index (κ1) is 19.3. The van der Waals surface area contributed by atoms with Gasteiger partial charge in [0.1, 0.15) is 6.04 Å². The van der Waals surface area contributed by atoms with Crippen LogP contribution in [0.2, 0.25) is 0 Å². The Kier molecular flexibility index (Phi) is 5.20. The normalized spacial score (nSPS) is 19.0. The fourth-order valence-corrected chi connectivity index (χ4v) is 4.08. The second-order valence-corrected chi connectivity index (χ2v) is 7.71. The molecule has 2 atom stereocenters. The fourth-order valence-electron chi connectivity index (χ4n) is 4.08. The average molecular weight is 391 g/mol. The number of hydrogen-bond acceptors (Lipinski definition) is 4. The van der Waals surface area contributed by atoms with Gasteiger partial charge in [0.05, 0.1) is 10.9 Å². The molecule has 4 rings (SSSR count). The first-order chi connectivity index (χ1) is 14.0. The third kappa shape index (κ3) is 3.34. The molecule has 6 heteroatoms. The number of hydrogen-bond donors (Lipinski definition) is 0. The number of aromatic nitrogens is 2. The Morgan fingerprint density at radius 3 is 2.41 bits per heavy atom. The predicted molar refractivity (Wildman–Crippen MR) is 111 cm³/mol. The number of carbonyl (C=O) groups is 1. The minimum Gasteiger partial charge on any atom is -0.354 e. The van der Waals surface area contributed by atoms with E-state index >= 15 is 0 Å². The molecule has 1 aromatic heterocycles. The molecule has 6 nitrogen and oxygen atoms in total. The smallest absolute Gasteiger partial charge is 0.262 e. The van der Waals surface area contributed by atoms with Crippen LogP contribution in [0.3, 0.4) is 0 Å². The van der Waals surface area contributed by atoms with Gasteiger partial charge < -0.3 is 9.64 Å². The number of nitrogens with zero attached hydrogens (tertiary/aromatic N) is 3. The van der Waals surface area contributed by atoms with E-state index in [0.29, 0.717) is 29.7 Å². The topological polar surface area (TPSA) is 64.4 Å². The molecule has 0 saturated carbocycles. The van der Waals surface area contributed by atoms with E-state index in [1.165, 1.54) is 0 Å². The lowest BCUT2D eigenvalue weighted by Gasteiger charge is -2.41. The van der Waals surface area contributed by atoms with Crippen LogP contribution in [0.4, 0.5) is 0 Å². The Bertz CT molecular complexity index is 1090. The molecule has 0 saturated heterocycles. The summed E-state index contributed by atoms with van der Waals surface area (Å²) in [5, 5.41) is 0.516. The highest BCUT2D eigenvalue weighted by atomic mass is 16.5. The van der Waals surface area contributed by atoms with Gasteiger partial charge in [-0.15, -0.1) is 0 Å². The maximum atomic E-state index is 13.5. The van der Waals surface area contributed by atoms with Crippen molar-refractivity contribution in [3.63, 3.8) is 0 Å². The Hall–Kier alpha value is -2.99. The van der Waals surface area contributed by atoms with Crippen molar-refractivity contribution in [2.75, 3.05) is 13.7 Å². The van der Waals surface area contributed by atoms with Gasteiger partial charge in [-0.1, -0.05) is 56.3 Å². The van der Waals surface area contributed by atoms with Gasteiger partial charge in [-0.05, 0) is 30.0 Å². The highest BCUT2D eigenvalue weighted by molar-refractivity contribution is 5.84. The lowest BCUT2D eigenvalue weighted by molar-refractivity contribution is -0.156. The molecule has 1 amide bonds. The third-order valence-corrected chi connectivity index (χ3v) is 5.49. The Morgan fingerprint density at radius 1 is 1.03 bits per heavy atom. The minimum absolute atomic E-state index is 0.0565. The second-order valence-electron chi connectivity index (χ2n) is 7.71. The van der Waals surface area contributed by atoms with Crippen LogP contribution < -0.4 is 5.56 Å². The fraction of sp³-hybridized carbons (Fsp3) is 0.348. The molecule has 2 heterocycles. The number of rotatable bonds is 5. The van der Waals surface area contributed by atoms with Crippen molar-refractivity contribution in [3.05, 3.63) is 76.3 Å². The van der Waals surface area contributed by atoms with Gasteiger partial charge in [0.25, 0.3) is 5.56 Å². The van der Waals surface area contributed by atoms with E-state index < -0.39 is 12.3 Å². The largest absolute Gasteiger partial charge is 0.354 e. The lowest BCUT2D eigenvalue weighted by Crippen LogP contribution is -2.52. The number of methoxy groups -OCH3 is 1. The molecule has 29 heavy (non-hydrogen) atoms. The van der Waals surface area contributed by atoms with Crippen LogP contribution in [0.5, 0.6) is 0 Å². The summed E-state index contributed by atoms with van der Waals surface area (Å²) in [7, 11) is 1.55. The summed E-state index contributed by atoms with van der Waals surface area (Å²) in [6.07, 6.45) is 0.00762. The molecule has 0 fully saturated rings. The van der Waals surface area contributed by atoms with E-state index in [9.17, 15) is 9.59 Å². The maximum Gasteiger partial charge on any atom is 0.262 e. The van der Waals surface area contributed by atoms with E-state index in [2.05, 4.69) is 0 Å². The number of fused-ring (bicyclic) bond motifs is 2. The highest BCUT2D eigenvalue weighted by Crippen LogP contribution is 2.34. The summed E-state index contributed by atoms with van der Waals surface area (Å²) < 4.78 is 7.25. The molecule has 2 aromatic carbocycles. The van der Waals surface area contributed by atoms with Gasteiger partial charge in [-0.25, -0.2) is 4.98 Å². The third-order valence-electron chi connectivity index (χ3n) is 5.49.